The van der Waals surface area contributed by atoms with E-state index in [4.69, 9.17) is 4.74 Å². The van der Waals surface area contributed by atoms with E-state index in [0.29, 0.717) is 22.9 Å². The summed E-state index contributed by atoms with van der Waals surface area (Å²) in [5, 5.41) is 7.47. The molecule has 3 aromatic carbocycles. The van der Waals surface area contributed by atoms with E-state index in [1.807, 2.05) is 30.3 Å². The number of nitrogens with zero attached hydrogens (tertiary/aromatic N) is 2. The Bertz CT molecular complexity index is 1430. The molecule has 35 heavy (non-hydrogen) atoms. The summed E-state index contributed by atoms with van der Waals surface area (Å²) in [6.07, 6.45) is 0.324. The number of aromatic nitrogens is 2. The SMILES string of the molecule is CC(=O)C(Cc1ccccc1)NC(=O)COC(=O)c1nn(-c2ccccc2)c(=O)c2ccccc12. The molecule has 0 aliphatic carbocycles. The minimum atomic E-state index is -0.858. The molecule has 0 bridgehead atoms. The number of fused-ring (bicyclic) bond motifs is 1. The Morgan fingerprint density at radius 1 is 0.886 bits per heavy atom. The van der Waals surface area contributed by atoms with Gasteiger partial charge in [-0.2, -0.15) is 9.78 Å². The predicted molar refractivity (Wildman–Crippen MR) is 130 cm³/mol. The number of nitrogens with one attached hydrogen (secondary N) is 1. The summed E-state index contributed by atoms with van der Waals surface area (Å²) >= 11 is 0. The van der Waals surface area contributed by atoms with Gasteiger partial charge in [-0.05, 0) is 37.1 Å². The van der Waals surface area contributed by atoms with Gasteiger partial charge >= 0.3 is 5.97 Å². The zero-order valence-corrected chi connectivity index (χ0v) is 19.0. The second kappa shape index (κ2) is 10.6. The summed E-state index contributed by atoms with van der Waals surface area (Å²) in [4.78, 5) is 50.4. The maximum Gasteiger partial charge on any atom is 0.359 e. The van der Waals surface area contributed by atoms with Gasteiger partial charge < -0.3 is 10.1 Å². The number of ether oxygens (including phenoxy) is 1. The van der Waals surface area contributed by atoms with Crippen LogP contribution in [-0.4, -0.2) is 40.1 Å². The molecule has 0 saturated carbocycles. The third kappa shape index (κ3) is 5.50. The van der Waals surface area contributed by atoms with Gasteiger partial charge in [0.1, 0.15) is 0 Å². The lowest BCUT2D eigenvalue weighted by Crippen LogP contribution is -2.43. The lowest BCUT2D eigenvalue weighted by Gasteiger charge is -2.16. The summed E-state index contributed by atoms with van der Waals surface area (Å²) in [6, 6.07) is 23.8. The summed E-state index contributed by atoms with van der Waals surface area (Å²) < 4.78 is 6.35. The smallest absolute Gasteiger partial charge is 0.359 e. The van der Waals surface area contributed by atoms with Crippen LogP contribution in [0.25, 0.3) is 16.5 Å². The molecular formula is C27H23N3O5. The normalized spacial score (nSPS) is 11.6. The van der Waals surface area contributed by atoms with Crippen LogP contribution in [0.5, 0.6) is 0 Å². The fraction of sp³-hybridized carbons (Fsp3) is 0.148. The van der Waals surface area contributed by atoms with Gasteiger partial charge in [-0.1, -0.05) is 66.7 Å². The molecule has 0 saturated heterocycles. The number of esters is 1. The number of carbonyl (C=O) groups excluding carboxylic acids is 3. The first kappa shape index (κ1) is 23.6. The van der Waals surface area contributed by atoms with E-state index in [1.165, 1.54) is 6.92 Å². The van der Waals surface area contributed by atoms with Crippen molar-refractivity contribution in [2.75, 3.05) is 6.61 Å². The maximum absolute atomic E-state index is 13.0. The molecule has 4 aromatic rings. The lowest BCUT2D eigenvalue weighted by molar-refractivity contribution is -0.128. The van der Waals surface area contributed by atoms with E-state index in [2.05, 4.69) is 10.4 Å². The quantitative estimate of drug-likeness (QED) is 0.398. The van der Waals surface area contributed by atoms with Gasteiger partial charge in [0, 0.05) is 5.39 Å². The number of hydrogen-bond donors (Lipinski definition) is 1. The Labute approximate surface area is 201 Å². The van der Waals surface area contributed by atoms with Crippen LogP contribution >= 0.6 is 0 Å². The van der Waals surface area contributed by atoms with Crippen molar-refractivity contribution in [3.63, 3.8) is 0 Å². The molecule has 1 unspecified atom stereocenters. The third-order valence-electron chi connectivity index (χ3n) is 5.44. The van der Waals surface area contributed by atoms with E-state index < -0.39 is 24.5 Å². The van der Waals surface area contributed by atoms with Gasteiger partial charge in [-0.15, -0.1) is 0 Å². The first-order valence-electron chi connectivity index (χ1n) is 11.0. The van der Waals surface area contributed by atoms with Crippen LogP contribution in [0, 0.1) is 0 Å². The zero-order chi connectivity index (χ0) is 24.8. The van der Waals surface area contributed by atoms with Crippen molar-refractivity contribution in [1.82, 2.24) is 15.1 Å². The lowest BCUT2D eigenvalue weighted by atomic mass is 10.0. The molecule has 1 N–H and O–H groups in total. The van der Waals surface area contributed by atoms with Crippen molar-refractivity contribution in [3.8, 4) is 5.69 Å². The monoisotopic (exact) mass is 469 g/mol. The highest BCUT2D eigenvalue weighted by Gasteiger charge is 2.22. The number of hydrogen-bond acceptors (Lipinski definition) is 6. The number of amides is 1. The van der Waals surface area contributed by atoms with E-state index in [-0.39, 0.29) is 17.0 Å². The molecule has 8 heteroatoms. The average Bonchev–Trinajstić information content (AvgIpc) is 2.88. The minimum absolute atomic E-state index is 0.0933. The van der Waals surface area contributed by atoms with Crippen LogP contribution < -0.4 is 10.9 Å². The first-order chi connectivity index (χ1) is 16.9. The van der Waals surface area contributed by atoms with Gasteiger partial charge in [0.05, 0.1) is 17.1 Å². The van der Waals surface area contributed by atoms with Crippen molar-refractivity contribution < 1.29 is 19.1 Å². The predicted octanol–water partition coefficient (Wildman–Crippen LogP) is 2.86. The number of ketones is 1. The van der Waals surface area contributed by atoms with Gasteiger partial charge in [0.15, 0.2) is 18.1 Å². The Hall–Kier alpha value is -4.59. The fourth-order valence-electron chi connectivity index (χ4n) is 3.67. The molecule has 0 aliphatic heterocycles. The molecule has 1 atom stereocenters. The van der Waals surface area contributed by atoms with E-state index in [1.54, 1.807) is 54.6 Å². The van der Waals surface area contributed by atoms with Crippen LogP contribution in [0.4, 0.5) is 0 Å². The molecule has 4 rings (SSSR count). The Balaban J connectivity index is 1.52. The van der Waals surface area contributed by atoms with Gasteiger partial charge in [0.2, 0.25) is 0 Å². The molecule has 1 amide bonds. The topological polar surface area (TPSA) is 107 Å². The second-order valence-corrected chi connectivity index (χ2v) is 7.94. The molecule has 1 aromatic heterocycles. The van der Waals surface area contributed by atoms with Crippen LogP contribution in [0.2, 0.25) is 0 Å². The number of rotatable bonds is 8. The summed E-state index contributed by atoms with van der Waals surface area (Å²) in [5.41, 5.74) is 0.902. The van der Waals surface area contributed by atoms with Crippen LogP contribution in [0.15, 0.2) is 89.7 Å². The second-order valence-electron chi connectivity index (χ2n) is 7.94. The molecular weight excluding hydrogens is 446 g/mol. The van der Waals surface area contributed by atoms with Crippen molar-refractivity contribution in [1.29, 1.82) is 0 Å². The van der Waals surface area contributed by atoms with Crippen molar-refractivity contribution in [2.24, 2.45) is 0 Å². The van der Waals surface area contributed by atoms with Gasteiger partial charge in [-0.25, -0.2) is 4.79 Å². The van der Waals surface area contributed by atoms with Crippen molar-refractivity contribution >= 4 is 28.4 Å². The molecule has 0 fully saturated rings. The Kier molecular flexibility index (Phi) is 7.11. The third-order valence-corrected chi connectivity index (χ3v) is 5.44. The van der Waals surface area contributed by atoms with Gasteiger partial charge in [0.25, 0.3) is 11.5 Å². The molecule has 0 aliphatic rings. The minimum Gasteiger partial charge on any atom is -0.451 e. The highest BCUT2D eigenvalue weighted by molar-refractivity contribution is 6.02. The summed E-state index contributed by atoms with van der Waals surface area (Å²) in [7, 11) is 0. The maximum atomic E-state index is 13.0. The molecule has 0 radical (unpaired) electrons. The Morgan fingerprint density at radius 3 is 2.14 bits per heavy atom. The molecule has 1 heterocycles. The van der Waals surface area contributed by atoms with E-state index in [0.717, 1.165) is 10.2 Å². The molecule has 0 spiro atoms. The number of para-hydroxylation sites is 1. The van der Waals surface area contributed by atoms with Crippen molar-refractivity contribution in [3.05, 3.63) is 107 Å². The number of benzene rings is 3. The highest BCUT2D eigenvalue weighted by Crippen LogP contribution is 2.16. The van der Waals surface area contributed by atoms with Crippen molar-refractivity contribution in [2.45, 2.75) is 19.4 Å². The highest BCUT2D eigenvalue weighted by atomic mass is 16.5. The average molecular weight is 469 g/mol. The zero-order valence-electron chi connectivity index (χ0n) is 19.0. The number of Topliss-reactive ketones (excluding diaryl/α,β-unsaturated/α-hetero) is 1. The summed E-state index contributed by atoms with van der Waals surface area (Å²) in [6.45, 7) is 0.792. The molecule has 176 valence electrons. The van der Waals surface area contributed by atoms with Crippen LogP contribution in [-0.2, 0) is 20.7 Å². The summed E-state index contributed by atoms with van der Waals surface area (Å²) in [5.74, 6) is -1.69. The van der Waals surface area contributed by atoms with E-state index in [9.17, 15) is 19.2 Å². The number of carbonyl (C=O) groups is 3. The standard InChI is InChI=1S/C27H23N3O5/c1-18(31)23(16-19-10-4-2-5-11-19)28-24(32)17-35-27(34)25-21-14-8-9-15-22(21)26(33)30(29-25)20-12-6-3-7-13-20/h2-15,23H,16-17H2,1H3,(H,28,32). The Morgan fingerprint density at radius 2 is 1.49 bits per heavy atom. The largest absolute Gasteiger partial charge is 0.451 e. The van der Waals surface area contributed by atoms with Gasteiger partial charge in [-0.3, -0.25) is 14.4 Å². The van der Waals surface area contributed by atoms with Crippen LogP contribution in [0.3, 0.4) is 0 Å². The van der Waals surface area contributed by atoms with E-state index >= 15 is 0 Å². The first-order valence-corrected chi connectivity index (χ1v) is 11.0. The van der Waals surface area contributed by atoms with Crippen LogP contribution in [0.1, 0.15) is 23.0 Å². The fourth-order valence-corrected chi connectivity index (χ4v) is 3.67. The molecule has 8 nitrogen and oxygen atoms in total.